The van der Waals surface area contributed by atoms with E-state index in [4.69, 9.17) is 23.2 Å². The molecule has 0 amide bonds. The maximum absolute atomic E-state index is 12.9. The Morgan fingerprint density at radius 1 is 1.59 bits per heavy atom. The fourth-order valence-corrected chi connectivity index (χ4v) is 1.78. The predicted octanol–water partition coefficient (Wildman–Crippen LogP) is 3.13. The van der Waals surface area contributed by atoms with E-state index in [1.165, 1.54) is 13.3 Å². The highest BCUT2D eigenvalue weighted by Gasteiger charge is 2.23. The Bertz CT molecular complexity index is 427. The molecule has 1 aromatic rings. The molecule has 1 heterocycles. The summed E-state index contributed by atoms with van der Waals surface area (Å²) in [4.78, 5) is 14.8. The third-order valence-electron chi connectivity index (χ3n) is 2.15. The first-order valence-corrected chi connectivity index (χ1v) is 5.49. The van der Waals surface area contributed by atoms with Crippen molar-refractivity contribution >= 4 is 29.2 Å². The van der Waals surface area contributed by atoms with Crippen LogP contribution in [0.4, 0.5) is 8.78 Å². The van der Waals surface area contributed by atoms with Crippen LogP contribution in [0, 0.1) is 0 Å². The van der Waals surface area contributed by atoms with Crippen LogP contribution in [0.1, 0.15) is 23.2 Å². The van der Waals surface area contributed by atoms with Crippen LogP contribution in [0.15, 0.2) is 6.20 Å². The van der Waals surface area contributed by atoms with Crippen molar-refractivity contribution in [3.8, 4) is 0 Å². The SMILES string of the molecule is COC(=O)Cc1c(Cl)cnc(CCl)c1C(F)F. The molecule has 7 heteroatoms. The molecule has 0 unspecified atom stereocenters. The number of nitrogens with zero attached hydrogens (tertiary/aromatic N) is 1. The average molecular weight is 284 g/mol. The molecule has 1 rings (SSSR count). The van der Waals surface area contributed by atoms with E-state index in [0.29, 0.717) is 0 Å². The van der Waals surface area contributed by atoms with Crippen LogP contribution in [0.3, 0.4) is 0 Å². The smallest absolute Gasteiger partial charge is 0.310 e. The van der Waals surface area contributed by atoms with Gasteiger partial charge in [-0.25, -0.2) is 8.78 Å². The van der Waals surface area contributed by atoms with Gasteiger partial charge in [0.2, 0.25) is 0 Å². The van der Waals surface area contributed by atoms with E-state index in [9.17, 15) is 13.6 Å². The van der Waals surface area contributed by atoms with Gasteiger partial charge in [-0.1, -0.05) is 11.6 Å². The summed E-state index contributed by atoms with van der Waals surface area (Å²) < 4.78 is 30.2. The van der Waals surface area contributed by atoms with Crippen molar-refractivity contribution in [1.29, 1.82) is 0 Å². The van der Waals surface area contributed by atoms with Gasteiger partial charge in [-0.2, -0.15) is 0 Å². The molecule has 0 bridgehead atoms. The molecule has 0 aromatic carbocycles. The lowest BCUT2D eigenvalue weighted by atomic mass is 10.0. The van der Waals surface area contributed by atoms with Gasteiger partial charge < -0.3 is 4.74 Å². The van der Waals surface area contributed by atoms with E-state index in [1.54, 1.807) is 0 Å². The molecule has 1 aromatic heterocycles. The summed E-state index contributed by atoms with van der Waals surface area (Å²) in [6.45, 7) is 0. The summed E-state index contributed by atoms with van der Waals surface area (Å²) in [7, 11) is 1.17. The Hall–Kier alpha value is -0.940. The van der Waals surface area contributed by atoms with Crippen molar-refractivity contribution < 1.29 is 18.3 Å². The molecule has 0 radical (unpaired) electrons. The highest BCUT2D eigenvalue weighted by Crippen LogP contribution is 2.31. The van der Waals surface area contributed by atoms with E-state index in [1.807, 2.05) is 0 Å². The predicted molar refractivity (Wildman–Crippen MR) is 59.5 cm³/mol. The van der Waals surface area contributed by atoms with Gasteiger partial charge in [-0.3, -0.25) is 9.78 Å². The second-order valence-electron chi connectivity index (χ2n) is 3.13. The van der Waals surface area contributed by atoms with E-state index in [-0.39, 0.29) is 28.6 Å². The fourth-order valence-electron chi connectivity index (χ4n) is 1.35. The van der Waals surface area contributed by atoms with Crippen molar-refractivity contribution in [3.63, 3.8) is 0 Å². The summed E-state index contributed by atoms with van der Waals surface area (Å²) in [5.74, 6) is -0.828. The van der Waals surface area contributed by atoms with Crippen molar-refractivity contribution in [1.82, 2.24) is 4.98 Å². The Morgan fingerprint density at radius 3 is 2.71 bits per heavy atom. The van der Waals surface area contributed by atoms with Gasteiger partial charge in [0.25, 0.3) is 6.43 Å². The fraction of sp³-hybridized carbons (Fsp3) is 0.400. The number of carbonyl (C=O) groups is 1. The van der Waals surface area contributed by atoms with Gasteiger partial charge in [0, 0.05) is 11.8 Å². The van der Waals surface area contributed by atoms with E-state index >= 15 is 0 Å². The summed E-state index contributed by atoms with van der Waals surface area (Å²) in [5, 5.41) is -0.000401. The van der Waals surface area contributed by atoms with Crippen molar-refractivity contribution in [3.05, 3.63) is 28.0 Å². The molecular weight excluding hydrogens is 275 g/mol. The second-order valence-corrected chi connectivity index (χ2v) is 3.81. The third kappa shape index (κ3) is 3.26. The molecule has 94 valence electrons. The Labute approximate surface area is 107 Å². The summed E-state index contributed by atoms with van der Waals surface area (Å²) in [6.07, 6.45) is -1.93. The quantitative estimate of drug-likeness (QED) is 0.630. The van der Waals surface area contributed by atoms with Crippen LogP contribution in [0.2, 0.25) is 5.02 Å². The number of halogens is 4. The zero-order chi connectivity index (χ0) is 13.0. The molecule has 0 saturated heterocycles. The monoisotopic (exact) mass is 283 g/mol. The Morgan fingerprint density at radius 2 is 2.24 bits per heavy atom. The average Bonchev–Trinajstić information content (AvgIpc) is 2.30. The minimum absolute atomic E-state index is 0.000401. The minimum atomic E-state index is -2.80. The van der Waals surface area contributed by atoms with E-state index in [2.05, 4.69) is 9.72 Å². The van der Waals surface area contributed by atoms with Crippen LogP contribution in [-0.4, -0.2) is 18.1 Å². The minimum Gasteiger partial charge on any atom is -0.469 e. The number of esters is 1. The van der Waals surface area contributed by atoms with Crippen LogP contribution in [0.25, 0.3) is 0 Å². The first kappa shape index (κ1) is 14.1. The summed E-state index contributed by atoms with van der Waals surface area (Å²) >= 11 is 11.3. The Kier molecular flexibility index (Phi) is 5.08. The standard InChI is InChI=1S/C10H9Cl2F2NO2/c1-17-8(16)2-5-6(12)4-15-7(3-11)9(5)10(13)14/h4,10H,2-3H2,1H3. The number of ether oxygens (including phenoxy) is 1. The summed E-state index contributed by atoms with van der Waals surface area (Å²) in [5.41, 5.74) is -0.359. The molecule has 0 N–H and O–H groups in total. The van der Waals surface area contributed by atoms with Crippen LogP contribution in [-0.2, 0) is 21.8 Å². The lowest BCUT2D eigenvalue weighted by molar-refractivity contribution is -0.139. The van der Waals surface area contributed by atoms with E-state index in [0.717, 1.165) is 0 Å². The zero-order valence-corrected chi connectivity index (χ0v) is 10.4. The Balaban J connectivity index is 3.28. The lowest BCUT2D eigenvalue weighted by Crippen LogP contribution is -2.10. The number of hydrogen-bond donors (Lipinski definition) is 0. The highest BCUT2D eigenvalue weighted by atomic mass is 35.5. The lowest BCUT2D eigenvalue weighted by Gasteiger charge is -2.12. The summed E-state index contributed by atoms with van der Waals surface area (Å²) in [6, 6.07) is 0. The molecule has 3 nitrogen and oxygen atoms in total. The molecule has 0 aliphatic rings. The van der Waals surface area contributed by atoms with Gasteiger partial charge in [0.15, 0.2) is 0 Å². The molecular formula is C10H9Cl2F2NO2. The van der Waals surface area contributed by atoms with Crippen LogP contribution in [0.5, 0.6) is 0 Å². The van der Waals surface area contributed by atoms with Gasteiger partial charge in [-0.15, -0.1) is 11.6 Å². The number of aromatic nitrogens is 1. The van der Waals surface area contributed by atoms with Crippen molar-refractivity contribution in [2.75, 3.05) is 7.11 Å². The molecule has 17 heavy (non-hydrogen) atoms. The number of pyridine rings is 1. The zero-order valence-electron chi connectivity index (χ0n) is 8.84. The molecule has 0 fully saturated rings. The molecule has 0 aliphatic carbocycles. The molecule has 0 saturated carbocycles. The van der Waals surface area contributed by atoms with Crippen LogP contribution < -0.4 is 0 Å². The number of methoxy groups -OCH3 is 1. The normalized spacial score (nSPS) is 10.7. The van der Waals surface area contributed by atoms with Crippen molar-refractivity contribution in [2.45, 2.75) is 18.7 Å². The highest BCUT2D eigenvalue weighted by molar-refractivity contribution is 6.31. The largest absolute Gasteiger partial charge is 0.469 e. The molecule has 0 atom stereocenters. The topological polar surface area (TPSA) is 39.2 Å². The maximum atomic E-state index is 12.9. The number of rotatable bonds is 4. The first-order chi connectivity index (χ1) is 8.01. The van der Waals surface area contributed by atoms with Gasteiger partial charge in [0.05, 0.1) is 30.1 Å². The second kappa shape index (κ2) is 6.12. The first-order valence-electron chi connectivity index (χ1n) is 4.58. The molecule has 0 spiro atoms. The third-order valence-corrected chi connectivity index (χ3v) is 2.73. The number of carbonyl (C=O) groups excluding carboxylic acids is 1. The molecule has 0 aliphatic heterocycles. The number of alkyl halides is 3. The number of hydrogen-bond acceptors (Lipinski definition) is 3. The van der Waals surface area contributed by atoms with E-state index < -0.39 is 18.0 Å². The van der Waals surface area contributed by atoms with Gasteiger partial charge in [-0.05, 0) is 5.56 Å². The van der Waals surface area contributed by atoms with Crippen LogP contribution >= 0.6 is 23.2 Å². The van der Waals surface area contributed by atoms with Gasteiger partial charge >= 0.3 is 5.97 Å². The van der Waals surface area contributed by atoms with Crippen molar-refractivity contribution in [2.24, 2.45) is 0 Å². The maximum Gasteiger partial charge on any atom is 0.310 e. The van der Waals surface area contributed by atoms with Gasteiger partial charge in [0.1, 0.15) is 0 Å².